The van der Waals surface area contributed by atoms with Gasteiger partial charge in [-0.3, -0.25) is 4.79 Å². The third kappa shape index (κ3) is 3.16. The number of halogens is 3. The molecule has 1 heterocycles. The van der Waals surface area contributed by atoms with Gasteiger partial charge in [0.05, 0.1) is 10.4 Å². The summed E-state index contributed by atoms with van der Waals surface area (Å²) in [6.45, 7) is 0. The van der Waals surface area contributed by atoms with Crippen molar-refractivity contribution >= 4 is 22.9 Å². The van der Waals surface area contributed by atoms with E-state index in [1.54, 1.807) is 0 Å². The van der Waals surface area contributed by atoms with Crippen molar-refractivity contribution in [3.05, 3.63) is 51.2 Å². The summed E-state index contributed by atoms with van der Waals surface area (Å²) in [5.41, 5.74) is 0.871. The minimum Gasteiger partial charge on any atom is -0.321 e. The van der Waals surface area contributed by atoms with Crippen molar-refractivity contribution in [2.24, 2.45) is 0 Å². The first-order chi connectivity index (χ1) is 10.4. The van der Waals surface area contributed by atoms with Gasteiger partial charge in [-0.05, 0) is 61.6 Å². The van der Waals surface area contributed by atoms with Crippen LogP contribution in [0, 0.1) is 0 Å². The Hall–Kier alpha value is -1.82. The molecule has 6 heteroatoms. The average Bonchev–Trinajstić information content (AvgIpc) is 2.91. The Kier molecular flexibility index (Phi) is 3.95. The maximum Gasteiger partial charge on any atom is 0.416 e. The summed E-state index contributed by atoms with van der Waals surface area (Å²) in [5.74, 6) is -0.265. The van der Waals surface area contributed by atoms with Gasteiger partial charge in [-0.25, -0.2) is 0 Å². The first kappa shape index (κ1) is 15.1. The Bertz CT molecular complexity index is 665. The number of alkyl halides is 3. The van der Waals surface area contributed by atoms with Crippen molar-refractivity contribution in [1.29, 1.82) is 0 Å². The molecule has 2 nitrogen and oxygen atoms in total. The number of carbonyl (C=O) groups is 1. The molecule has 0 fully saturated rings. The molecule has 0 saturated carbocycles. The van der Waals surface area contributed by atoms with Crippen LogP contribution >= 0.6 is 11.3 Å². The van der Waals surface area contributed by atoms with Crippen LogP contribution in [0.3, 0.4) is 0 Å². The largest absolute Gasteiger partial charge is 0.416 e. The van der Waals surface area contributed by atoms with E-state index in [1.165, 1.54) is 33.9 Å². The van der Waals surface area contributed by atoms with Gasteiger partial charge in [-0.15, -0.1) is 11.3 Å². The smallest absolute Gasteiger partial charge is 0.321 e. The van der Waals surface area contributed by atoms with E-state index in [2.05, 4.69) is 5.32 Å². The number of hydrogen-bond acceptors (Lipinski definition) is 2. The lowest BCUT2D eigenvalue weighted by Crippen LogP contribution is -2.11. The van der Waals surface area contributed by atoms with Crippen molar-refractivity contribution in [3.8, 4) is 0 Å². The molecule has 0 bridgehead atoms. The topological polar surface area (TPSA) is 29.1 Å². The number of hydrogen-bond donors (Lipinski definition) is 1. The van der Waals surface area contributed by atoms with Crippen LogP contribution in [0.4, 0.5) is 18.9 Å². The Morgan fingerprint density at radius 2 is 1.77 bits per heavy atom. The molecular formula is C16H14F3NOS. The van der Waals surface area contributed by atoms with Gasteiger partial charge < -0.3 is 5.32 Å². The third-order valence-electron chi connectivity index (χ3n) is 3.69. The summed E-state index contributed by atoms with van der Waals surface area (Å²) in [5, 5.41) is 2.65. The zero-order chi connectivity index (χ0) is 15.7. The predicted octanol–water partition coefficient (Wildman–Crippen LogP) is 4.90. The number of aryl methyl sites for hydroxylation is 2. The van der Waals surface area contributed by atoms with E-state index in [0.29, 0.717) is 10.6 Å². The van der Waals surface area contributed by atoms with Gasteiger partial charge in [-0.1, -0.05) is 0 Å². The van der Waals surface area contributed by atoms with Gasteiger partial charge in [-0.2, -0.15) is 13.2 Å². The maximum absolute atomic E-state index is 12.5. The molecule has 1 aliphatic rings. The van der Waals surface area contributed by atoms with Gasteiger partial charge in [0.15, 0.2) is 0 Å². The van der Waals surface area contributed by atoms with E-state index in [-0.39, 0.29) is 5.91 Å². The normalized spacial score (nSPS) is 14.5. The molecule has 0 radical (unpaired) electrons. The number of nitrogens with one attached hydrogen (secondary N) is 1. The number of carbonyl (C=O) groups excluding carboxylic acids is 1. The first-order valence-corrected chi connectivity index (χ1v) is 7.85. The zero-order valence-corrected chi connectivity index (χ0v) is 12.5. The summed E-state index contributed by atoms with van der Waals surface area (Å²) in [6, 6.07) is 6.38. The molecule has 1 amide bonds. The lowest BCUT2D eigenvalue weighted by molar-refractivity contribution is -0.137. The van der Waals surface area contributed by atoms with Crippen molar-refractivity contribution < 1.29 is 18.0 Å². The lowest BCUT2D eigenvalue weighted by Gasteiger charge is -2.08. The monoisotopic (exact) mass is 325 g/mol. The predicted molar refractivity (Wildman–Crippen MR) is 80.4 cm³/mol. The molecular weight excluding hydrogens is 311 g/mol. The highest BCUT2D eigenvalue weighted by molar-refractivity contribution is 7.14. The van der Waals surface area contributed by atoms with Gasteiger partial charge in [0.1, 0.15) is 0 Å². The number of rotatable bonds is 2. The van der Waals surface area contributed by atoms with Crippen LogP contribution in [0.25, 0.3) is 0 Å². The van der Waals surface area contributed by atoms with Crippen LogP contribution in [0.1, 0.15) is 38.5 Å². The fraction of sp³-hybridized carbons (Fsp3) is 0.312. The molecule has 0 aliphatic heterocycles. The van der Waals surface area contributed by atoms with Crippen molar-refractivity contribution in [3.63, 3.8) is 0 Å². The Balaban J connectivity index is 1.72. The molecule has 1 aromatic carbocycles. The molecule has 22 heavy (non-hydrogen) atoms. The number of amides is 1. The Morgan fingerprint density at radius 3 is 2.41 bits per heavy atom. The quantitative estimate of drug-likeness (QED) is 0.836. The van der Waals surface area contributed by atoms with E-state index >= 15 is 0 Å². The van der Waals surface area contributed by atoms with Gasteiger partial charge in [0.25, 0.3) is 5.91 Å². The van der Waals surface area contributed by atoms with Gasteiger partial charge in [0.2, 0.25) is 0 Å². The van der Waals surface area contributed by atoms with Crippen molar-refractivity contribution in [1.82, 2.24) is 0 Å². The van der Waals surface area contributed by atoms with Crippen LogP contribution in [0.5, 0.6) is 0 Å². The van der Waals surface area contributed by atoms with Crippen molar-refractivity contribution in [2.45, 2.75) is 31.9 Å². The molecule has 116 valence electrons. The molecule has 0 unspecified atom stereocenters. The summed E-state index contributed by atoms with van der Waals surface area (Å²) in [4.78, 5) is 14.1. The van der Waals surface area contributed by atoms with Gasteiger partial charge in [0, 0.05) is 10.6 Å². The van der Waals surface area contributed by atoms with E-state index in [4.69, 9.17) is 0 Å². The summed E-state index contributed by atoms with van der Waals surface area (Å²) >= 11 is 1.48. The first-order valence-electron chi connectivity index (χ1n) is 7.04. The third-order valence-corrected chi connectivity index (χ3v) is 4.93. The summed E-state index contributed by atoms with van der Waals surface area (Å²) < 4.78 is 37.5. The molecule has 0 saturated heterocycles. The fourth-order valence-corrected chi connectivity index (χ4v) is 3.69. The molecule has 0 atom stereocenters. The highest BCUT2D eigenvalue weighted by Crippen LogP contribution is 2.31. The van der Waals surface area contributed by atoms with Crippen LogP contribution in [-0.4, -0.2) is 5.91 Å². The van der Waals surface area contributed by atoms with E-state index < -0.39 is 11.7 Å². The second kappa shape index (κ2) is 5.76. The zero-order valence-electron chi connectivity index (χ0n) is 11.7. The van der Waals surface area contributed by atoms with Crippen LogP contribution < -0.4 is 5.32 Å². The Labute approximate surface area is 130 Å². The maximum atomic E-state index is 12.5. The van der Waals surface area contributed by atoms with E-state index in [0.717, 1.165) is 37.8 Å². The van der Waals surface area contributed by atoms with Crippen LogP contribution in [-0.2, 0) is 19.0 Å². The van der Waals surface area contributed by atoms with Gasteiger partial charge >= 0.3 is 6.18 Å². The van der Waals surface area contributed by atoms with Crippen molar-refractivity contribution in [2.75, 3.05) is 5.32 Å². The molecule has 1 aliphatic carbocycles. The molecule has 0 spiro atoms. The summed E-state index contributed by atoms with van der Waals surface area (Å²) in [7, 11) is 0. The summed E-state index contributed by atoms with van der Waals surface area (Å²) in [6.07, 6.45) is -0.0700. The second-order valence-electron chi connectivity index (χ2n) is 5.30. The molecule has 3 rings (SSSR count). The minimum atomic E-state index is -4.37. The molecule has 1 N–H and O–H groups in total. The number of anilines is 1. The number of benzene rings is 1. The van der Waals surface area contributed by atoms with Crippen LogP contribution in [0.2, 0.25) is 0 Å². The Morgan fingerprint density at radius 1 is 1.09 bits per heavy atom. The number of fused-ring (bicyclic) bond motifs is 1. The second-order valence-corrected chi connectivity index (χ2v) is 6.43. The van der Waals surface area contributed by atoms with E-state index in [9.17, 15) is 18.0 Å². The highest BCUT2D eigenvalue weighted by atomic mass is 32.1. The minimum absolute atomic E-state index is 0.265. The molecule has 1 aromatic heterocycles. The molecule has 2 aromatic rings. The fourth-order valence-electron chi connectivity index (χ4n) is 2.54. The number of thiophene rings is 1. The van der Waals surface area contributed by atoms with E-state index in [1.807, 2.05) is 6.07 Å². The standard InChI is InChI=1S/C16H14F3NOS/c17-16(18,19)11-5-7-12(8-6-11)20-15(21)14-9-10-3-1-2-4-13(10)22-14/h5-9H,1-4H2,(H,20,21). The SMILES string of the molecule is O=C(Nc1ccc(C(F)(F)F)cc1)c1cc2c(s1)CCCC2. The average molecular weight is 325 g/mol. The highest BCUT2D eigenvalue weighted by Gasteiger charge is 2.30. The lowest BCUT2D eigenvalue weighted by atomic mass is 9.99. The van der Waals surface area contributed by atoms with Crippen LogP contribution in [0.15, 0.2) is 30.3 Å².